The molecule has 7 nitrogen and oxygen atoms in total. The monoisotopic (exact) mass is 380 g/mol. The Hall–Kier alpha value is -3.35. The van der Waals surface area contributed by atoms with Crippen LogP contribution in [0.4, 0.5) is 11.4 Å². The number of rotatable bonds is 4. The Balaban J connectivity index is 1.36. The first-order chi connectivity index (χ1) is 13.5. The van der Waals surface area contributed by atoms with Gasteiger partial charge in [0.15, 0.2) is 12.2 Å². The maximum atomic E-state index is 12.7. The highest BCUT2D eigenvalue weighted by Crippen LogP contribution is 2.30. The minimum absolute atomic E-state index is 0.269. The topological polar surface area (TPSA) is 84.9 Å². The van der Waals surface area contributed by atoms with Crippen LogP contribution in [0.15, 0.2) is 48.5 Å². The highest BCUT2D eigenvalue weighted by atomic mass is 16.6. The Morgan fingerprint density at radius 3 is 2.82 bits per heavy atom. The van der Waals surface area contributed by atoms with Gasteiger partial charge in [0.1, 0.15) is 5.75 Å². The molecule has 0 saturated heterocycles. The number of benzene rings is 2. The first-order valence-corrected chi connectivity index (χ1v) is 9.18. The number of carbonyl (C=O) groups excluding carboxylic acids is 3. The van der Waals surface area contributed by atoms with Gasteiger partial charge in [0, 0.05) is 12.2 Å². The van der Waals surface area contributed by atoms with E-state index in [0.29, 0.717) is 18.0 Å². The van der Waals surface area contributed by atoms with Gasteiger partial charge in [-0.2, -0.15) is 0 Å². The minimum Gasteiger partial charge on any atom is -0.478 e. The standard InChI is InChI=1S/C21H20N2O5/c1-13(21(26)23-11-10-14-6-2-4-8-16(14)23)27-19(24)12-18-20(25)22-15-7-3-5-9-17(15)28-18/h2-9,13,18H,10-12H2,1H3,(H,22,25)/t13-,18+/m0/s1. The number of nitrogens with one attached hydrogen (secondary N) is 1. The van der Waals surface area contributed by atoms with Crippen molar-refractivity contribution in [3.8, 4) is 5.75 Å². The van der Waals surface area contributed by atoms with E-state index in [1.165, 1.54) is 6.92 Å². The van der Waals surface area contributed by atoms with Gasteiger partial charge in [-0.3, -0.25) is 14.4 Å². The van der Waals surface area contributed by atoms with E-state index >= 15 is 0 Å². The molecule has 0 aliphatic carbocycles. The zero-order chi connectivity index (χ0) is 19.7. The van der Waals surface area contributed by atoms with Crippen LogP contribution in [0.2, 0.25) is 0 Å². The van der Waals surface area contributed by atoms with Gasteiger partial charge in [-0.1, -0.05) is 30.3 Å². The van der Waals surface area contributed by atoms with Crippen LogP contribution >= 0.6 is 0 Å². The molecule has 0 fully saturated rings. The smallest absolute Gasteiger partial charge is 0.310 e. The van der Waals surface area contributed by atoms with Crippen LogP contribution in [-0.2, 0) is 25.5 Å². The quantitative estimate of drug-likeness (QED) is 0.823. The van der Waals surface area contributed by atoms with Crippen LogP contribution < -0.4 is 15.0 Å². The molecule has 2 heterocycles. The van der Waals surface area contributed by atoms with Crippen molar-refractivity contribution in [1.29, 1.82) is 0 Å². The van der Waals surface area contributed by atoms with Crippen molar-refractivity contribution in [3.05, 3.63) is 54.1 Å². The molecule has 2 aromatic carbocycles. The molecule has 28 heavy (non-hydrogen) atoms. The number of anilines is 2. The second-order valence-electron chi connectivity index (χ2n) is 6.80. The Morgan fingerprint density at radius 1 is 1.21 bits per heavy atom. The van der Waals surface area contributed by atoms with Crippen LogP contribution in [0.1, 0.15) is 18.9 Å². The lowest BCUT2D eigenvalue weighted by atomic mass is 10.1. The summed E-state index contributed by atoms with van der Waals surface area (Å²) in [6.45, 7) is 2.10. The van der Waals surface area contributed by atoms with E-state index in [-0.39, 0.29) is 12.3 Å². The molecule has 144 valence electrons. The summed E-state index contributed by atoms with van der Waals surface area (Å²) in [5.74, 6) is -0.855. The molecule has 2 atom stereocenters. The number of fused-ring (bicyclic) bond motifs is 2. The molecular formula is C21H20N2O5. The molecule has 7 heteroatoms. The number of para-hydroxylation sites is 3. The van der Waals surface area contributed by atoms with Crippen LogP contribution in [0.5, 0.6) is 5.75 Å². The molecule has 0 spiro atoms. The third kappa shape index (κ3) is 3.43. The molecule has 0 radical (unpaired) electrons. The van der Waals surface area contributed by atoms with Gasteiger partial charge in [0.25, 0.3) is 11.8 Å². The predicted molar refractivity (Wildman–Crippen MR) is 102 cm³/mol. The van der Waals surface area contributed by atoms with Gasteiger partial charge in [-0.25, -0.2) is 0 Å². The zero-order valence-electron chi connectivity index (χ0n) is 15.4. The molecular weight excluding hydrogens is 360 g/mol. The number of esters is 1. The number of hydrogen-bond donors (Lipinski definition) is 1. The number of amides is 2. The van der Waals surface area contributed by atoms with E-state index in [4.69, 9.17) is 9.47 Å². The van der Waals surface area contributed by atoms with Gasteiger partial charge < -0.3 is 19.7 Å². The van der Waals surface area contributed by atoms with E-state index in [1.807, 2.05) is 24.3 Å². The highest BCUT2D eigenvalue weighted by Gasteiger charge is 2.33. The Labute approximate surface area is 162 Å². The fourth-order valence-electron chi connectivity index (χ4n) is 3.46. The van der Waals surface area contributed by atoms with E-state index in [1.54, 1.807) is 29.2 Å². The lowest BCUT2D eigenvalue weighted by Crippen LogP contribution is -2.42. The lowest BCUT2D eigenvalue weighted by Gasteiger charge is -2.26. The lowest BCUT2D eigenvalue weighted by molar-refractivity contribution is -0.156. The van der Waals surface area contributed by atoms with Crippen molar-refractivity contribution in [2.45, 2.75) is 32.0 Å². The molecule has 0 unspecified atom stereocenters. The van der Waals surface area contributed by atoms with Crippen molar-refractivity contribution in [2.75, 3.05) is 16.8 Å². The first kappa shape index (κ1) is 18.0. The summed E-state index contributed by atoms with van der Waals surface area (Å²) < 4.78 is 10.9. The first-order valence-electron chi connectivity index (χ1n) is 9.18. The second-order valence-corrected chi connectivity index (χ2v) is 6.80. The van der Waals surface area contributed by atoms with Crippen LogP contribution in [0.3, 0.4) is 0 Å². The summed E-state index contributed by atoms with van der Waals surface area (Å²) in [6.07, 6.45) is -1.43. The van der Waals surface area contributed by atoms with Crippen molar-refractivity contribution in [1.82, 2.24) is 0 Å². The molecule has 2 aliphatic heterocycles. The van der Waals surface area contributed by atoms with Crippen molar-refractivity contribution in [3.63, 3.8) is 0 Å². The molecule has 2 aromatic rings. The summed E-state index contributed by atoms with van der Waals surface area (Å²) in [7, 11) is 0. The number of carbonyl (C=O) groups is 3. The van der Waals surface area contributed by atoms with Crippen LogP contribution in [0.25, 0.3) is 0 Å². The molecule has 0 bridgehead atoms. The summed E-state index contributed by atoms with van der Waals surface area (Å²) in [5.41, 5.74) is 2.51. The number of hydrogen-bond acceptors (Lipinski definition) is 5. The number of ether oxygens (including phenoxy) is 2. The maximum Gasteiger partial charge on any atom is 0.310 e. The Kier molecular flexibility index (Phi) is 4.73. The molecule has 2 amide bonds. The van der Waals surface area contributed by atoms with E-state index < -0.39 is 24.1 Å². The third-order valence-corrected chi connectivity index (χ3v) is 4.87. The van der Waals surface area contributed by atoms with Crippen LogP contribution in [-0.4, -0.2) is 36.5 Å². The predicted octanol–water partition coefficient (Wildman–Crippen LogP) is 2.30. The van der Waals surface area contributed by atoms with Crippen LogP contribution in [0, 0.1) is 0 Å². The van der Waals surface area contributed by atoms with Crippen molar-refractivity contribution >= 4 is 29.2 Å². The molecule has 0 aromatic heterocycles. The van der Waals surface area contributed by atoms with Gasteiger partial charge in [0.2, 0.25) is 0 Å². The second kappa shape index (κ2) is 7.34. The Bertz CT molecular complexity index is 942. The molecule has 0 saturated carbocycles. The summed E-state index contributed by atoms with van der Waals surface area (Å²) in [6, 6.07) is 14.7. The molecule has 4 rings (SSSR count). The van der Waals surface area contributed by atoms with Gasteiger partial charge in [-0.05, 0) is 37.1 Å². The SMILES string of the molecule is C[C@H](OC(=O)C[C@H]1Oc2ccccc2NC1=O)C(=O)N1CCc2ccccc21. The Morgan fingerprint density at radius 2 is 1.96 bits per heavy atom. The minimum atomic E-state index is -0.989. The zero-order valence-corrected chi connectivity index (χ0v) is 15.4. The molecule has 2 aliphatic rings. The average molecular weight is 380 g/mol. The highest BCUT2D eigenvalue weighted by molar-refractivity contribution is 6.01. The van der Waals surface area contributed by atoms with Gasteiger partial charge >= 0.3 is 5.97 Å². The average Bonchev–Trinajstić information content (AvgIpc) is 3.12. The van der Waals surface area contributed by atoms with Crippen molar-refractivity contribution < 1.29 is 23.9 Å². The van der Waals surface area contributed by atoms with E-state index in [9.17, 15) is 14.4 Å². The summed E-state index contributed by atoms with van der Waals surface area (Å²) in [5, 5.41) is 2.70. The van der Waals surface area contributed by atoms with E-state index in [2.05, 4.69) is 5.32 Å². The fourth-order valence-corrected chi connectivity index (χ4v) is 3.46. The van der Waals surface area contributed by atoms with Crippen molar-refractivity contribution in [2.24, 2.45) is 0 Å². The largest absolute Gasteiger partial charge is 0.478 e. The fraction of sp³-hybridized carbons (Fsp3) is 0.286. The maximum absolute atomic E-state index is 12.7. The van der Waals surface area contributed by atoms with E-state index in [0.717, 1.165) is 17.7 Å². The number of nitrogens with zero attached hydrogens (tertiary/aromatic N) is 1. The normalized spacial score (nSPS) is 18.4. The molecule has 1 N–H and O–H groups in total. The van der Waals surface area contributed by atoms with Gasteiger partial charge in [-0.15, -0.1) is 0 Å². The summed E-state index contributed by atoms with van der Waals surface area (Å²) >= 11 is 0. The summed E-state index contributed by atoms with van der Waals surface area (Å²) in [4.78, 5) is 38.8. The third-order valence-electron chi connectivity index (χ3n) is 4.87. The van der Waals surface area contributed by atoms with Gasteiger partial charge in [0.05, 0.1) is 12.1 Å².